The number of nitrogens with zero attached hydrogens (tertiary/aromatic N) is 5. The Hall–Kier alpha value is -4.96. The number of non-ortho nitro benzene ring substituents is 1. The molecule has 4 aromatic rings. The molecule has 0 aromatic heterocycles. The summed E-state index contributed by atoms with van der Waals surface area (Å²) in [6.45, 7) is 1.93. The molecule has 40 heavy (non-hydrogen) atoms. The van der Waals surface area contributed by atoms with Crippen LogP contribution in [0.3, 0.4) is 0 Å². The Balaban J connectivity index is 1.63. The van der Waals surface area contributed by atoms with Crippen LogP contribution in [0.15, 0.2) is 119 Å². The number of carbonyl (C=O) groups excluding carboxylic acids is 1. The van der Waals surface area contributed by atoms with E-state index < -0.39 is 15.9 Å². The van der Waals surface area contributed by atoms with Crippen LogP contribution in [0.1, 0.15) is 23.6 Å². The Morgan fingerprint density at radius 3 is 2.12 bits per heavy atom. The predicted molar refractivity (Wildman–Crippen MR) is 156 cm³/mol. The highest BCUT2D eigenvalue weighted by atomic mass is 32.2. The van der Waals surface area contributed by atoms with E-state index in [0.29, 0.717) is 5.69 Å². The van der Waals surface area contributed by atoms with Crippen molar-refractivity contribution in [1.82, 2.24) is 0 Å². The quantitative estimate of drug-likeness (QED) is 0.163. The molecule has 1 atom stereocenters. The standard InChI is InChI=1S/C30H23N5O4S/c1-2-39-29(36)28-32-34(23-17-19-24(20-18-23)35(37)38)30(40-28)26-16-10-9-15-25(26)27(21-11-5-3-6-12-21)31-33(30)22-13-7-4-8-14-22/h3-20H,2H2,1H3/t30-/m0/s1. The third kappa shape index (κ3) is 4.18. The molecule has 1 spiro atoms. The van der Waals surface area contributed by atoms with Gasteiger partial charge in [0.15, 0.2) is 0 Å². The van der Waals surface area contributed by atoms with Gasteiger partial charge in [-0.15, -0.1) is 0 Å². The maximum atomic E-state index is 13.1. The summed E-state index contributed by atoms with van der Waals surface area (Å²) in [5.74, 6) is -0.556. The monoisotopic (exact) mass is 549 g/mol. The second kappa shape index (κ2) is 10.3. The van der Waals surface area contributed by atoms with Crippen molar-refractivity contribution >= 4 is 45.5 Å². The number of anilines is 2. The maximum Gasteiger partial charge on any atom is 0.365 e. The molecule has 0 saturated carbocycles. The molecule has 0 N–H and O–H groups in total. The minimum atomic E-state index is -1.19. The molecule has 0 aliphatic carbocycles. The average Bonchev–Trinajstić information content (AvgIpc) is 3.39. The van der Waals surface area contributed by atoms with E-state index in [1.807, 2.05) is 89.9 Å². The van der Waals surface area contributed by atoms with Gasteiger partial charge in [0.1, 0.15) is 0 Å². The molecule has 0 unspecified atom stereocenters. The van der Waals surface area contributed by atoms with Gasteiger partial charge in [-0.3, -0.25) is 10.1 Å². The number of nitro benzene ring substituents is 1. The first-order valence-electron chi connectivity index (χ1n) is 12.6. The number of benzene rings is 4. The molecule has 0 amide bonds. The molecule has 6 rings (SSSR count). The molecular weight excluding hydrogens is 526 g/mol. The van der Waals surface area contributed by atoms with Crippen LogP contribution in [-0.4, -0.2) is 28.3 Å². The second-order valence-corrected chi connectivity index (χ2v) is 10.1. The number of hydrogen-bond donors (Lipinski definition) is 0. The van der Waals surface area contributed by atoms with Crippen LogP contribution in [-0.2, 0) is 14.5 Å². The van der Waals surface area contributed by atoms with Crippen molar-refractivity contribution in [3.63, 3.8) is 0 Å². The number of hydrogen-bond acceptors (Lipinski definition) is 9. The van der Waals surface area contributed by atoms with E-state index in [1.54, 1.807) is 24.1 Å². The highest BCUT2D eigenvalue weighted by Gasteiger charge is 2.56. The lowest BCUT2D eigenvalue weighted by atomic mass is 9.93. The Morgan fingerprint density at radius 2 is 1.45 bits per heavy atom. The Labute approximate surface area is 234 Å². The van der Waals surface area contributed by atoms with Crippen LogP contribution in [0.5, 0.6) is 0 Å². The molecular formula is C30H23N5O4S. The van der Waals surface area contributed by atoms with Gasteiger partial charge in [0, 0.05) is 28.8 Å². The fourth-order valence-electron chi connectivity index (χ4n) is 4.80. The summed E-state index contributed by atoms with van der Waals surface area (Å²) >= 11 is 1.22. The molecule has 198 valence electrons. The van der Waals surface area contributed by atoms with E-state index in [4.69, 9.17) is 14.9 Å². The van der Waals surface area contributed by atoms with Gasteiger partial charge in [-0.25, -0.2) is 14.8 Å². The molecule has 0 saturated heterocycles. The molecule has 9 nitrogen and oxygen atoms in total. The number of carbonyl (C=O) groups is 1. The summed E-state index contributed by atoms with van der Waals surface area (Å²) in [6.07, 6.45) is 0. The summed E-state index contributed by atoms with van der Waals surface area (Å²) < 4.78 is 5.35. The largest absolute Gasteiger partial charge is 0.461 e. The summed E-state index contributed by atoms with van der Waals surface area (Å²) in [6, 6.07) is 33.5. The number of rotatable bonds is 6. The van der Waals surface area contributed by atoms with Crippen LogP contribution in [0.4, 0.5) is 17.1 Å². The Bertz CT molecular complexity index is 1640. The molecule has 10 heteroatoms. The van der Waals surface area contributed by atoms with E-state index in [1.165, 1.54) is 23.9 Å². The zero-order chi connectivity index (χ0) is 27.7. The van der Waals surface area contributed by atoms with Crippen molar-refractivity contribution in [2.75, 3.05) is 16.6 Å². The lowest BCUT2D eigenvalue weighted by molar-refractivity contribution is -0.384. The zero-order valence-electron chi connectivity index (χ0n) is 21.4. The average molecular weight is 550 g/mol. The van der Waals surface area contributed by atoms with Gasteiger partial charge in [-0.2, -0.15) is 10.2 Å². The first-order chi connectivity index (χ1) is 19.5. The lowest BCUT2D eigenvalue weighted by Gasteiger charge is -2.47. The van der Waals surface area contributed by atoms with Crippen LogP contribution in [0.2, 0.25) is 0 Å². The molecule has 0 radical (unpaired) electrons. The van der Waals surface area contributed by atoms with Gasteiger partial charge in [0.05, 0.1) is 28.6 Å². The minimum absolute atomic E-state index is 0.0485. The lowest BCUT2D eigenvalue weighted by Crippen LogP contribution is -2.54. The van der Waals surface area contributed by atoms with E-state index >= 15 is 0 Å². The number of thioether (sulfide) groups is 1. The van der Waals surface area contributed by atoms with Crippen LogP contribution >= 0.6 is 11.8 Å². The van der Waals surface area contributed by atoms with Crippen LogP contribution in [0.25, 0.3) is 0 Å². The third-order valence-corrected chi connectivity index (χ3v) is 7.83. The van der Waals surface area contributed by atoms with Crippen LogP contribution in [0, 0.1) is 10.1 Å². The summed E-state index contributed by atoms with van der Waals surface area (Å²) in [5, 5.41) is 25.1. The first kappa shape index (κ1) is 25.3. The minimum Gasteiger partial charge on any atom is -0.461 e. The Kier molecular flexibility index (Phi) is 6.53. The number of para-hydroxylation sites is 1. The number of nitro groups is 1. The van der Waals surface area contributed by atoms with Crippen molar-refractivity contribution in [1.29, 1.82) is 0 Å². The van der Waals surface area contributed by atoms with E-state index in [-0.39, 0.29) is 17.3 Å². The number of esters is 1. The number of fused-ring (bicyclic) bond motifs is 2. The molecule has 2 heterocycles. The van der Waals surface area contributed by atoms with Crippen molar-refractivity contribution in [3.8, 4) is 0 Å². The van der Waals surface area contributed by atoms with Crippen molar-refractivity contribution in [2.24, 2.45) is 10.2 Å². The van der Waals surface area contributed by atoms with Crippen molar-refractivity contribution < 1.29 is 14.5 Å². The first-order valence-corrected chi connectivity index (χ1v) is 13.4. The maximum absolute atomic E-state index is 13.1. The predicted octanol–water partition coefficient (Wildman–Crippen LogP) is 6.11. The fraction of sp³-hybridized carbons (Fsp3) is 0.100. The molecule has 0 fully saturated rings. The second-order valence-electron chi connectivity index (χ2n) is 8.93. The third-order valence-electron chi connectivity index (χ3n) is 6.54. The van der Waals surface area contributed by atoms with Crippen LogP contribution < -0.4 is 10.0 Å². The van der Waals surface area contributed by atoms with Gasteiger partial charge in [-0.1, -0.05) is 72.8 Å². The molecule has 4 aromatic carbocycles. The number of ether oxygens (including phenoxy) is 1. The van der Waals surface area contributed by atoms with Gasteiger partial charge in [0.25, 0.3) is 5.69 Å². The van der Waals surface area contributed by atoms with Crippen molar-refractivity contribution in [2.45, 2.75) is 11.9 Å². The normalized spacial score (nSPS) is 17.7. The topological polar surface area (TPSA) is 101 Å². The SMILES string of the molecule is CCOC(=O)C1=NN(c2ccc([N+](=O)[O-])cc2)[C@]2(S1)c1ccccc1C(c1ccccc1)=NN2c1ccccc1. The fourth-order valence-corrected chi connectivity index (χ4v) is 6.09. The van der Waals surface area contributed by atoms with Gasteiger partial charge in [-0.05, 0) is 43.0 Å². The van der Waals surface area contributed by atoms with Crippen molar-refractivity contribution in [3.05, 3.63) is 136 Å². The Morgan fingerprint density at radius 1 is 0.850 bits per heavy atom. The molecule has 0 bridgehead atoms. The highest BCUT2D eigenvalue weighted by Crippen LogP contribution is 2.55. The summed E-state index contributed by atoms with van der Waals surface area (Å²) in [7, 11) is 0. The van der Waals surface area contributed by atoms with E-state index in [0.717, 1.165) is 28.1 Å². The summed E-state index contributed by atoms with van der Waals surface area (Å²) in [5.41, 5.74) is 4.69. The highest BCUT2D eigenvalue weighted by molar-refractivity contribution is 8.16. The van der Waals surface area contributed by atoms with E-state index in [2.05, 4.69) is 0 Å². The molecule has 2 aliphatic rings. The smallest absolute Gasteiger partial charge is 0.365 e. The van der Waals surface area contributed by atoms with E-state index in [9.17, 15) is 14.9 Å². The summed E-state index contributed by atoms with van der Waals surface area (Å²) in [4.78, 5) is 22.8. The molecule has 2 aliphatic heterocycles. The zero-order valence-corrected chi connectivity index (χ0v) is 22.2. The van der Waals surface area contributed by atoms with Gasteiger partial charge >= 0.3 is 5.97 Å². The van der Waals surface area contributed by atoms with Gasteiger partial charge < -0.3 is 4.74 Å². The number of hydrazone groups is 2. The van der Waals surface area contributed by atoms with Gasteiger partial charge in [0.2, 0.25) is 10.0 Å².